The first kappa shape index (κ1) is 14.6. The molecule has 0 unspecified atom stereocenters. The molecule has 1 aliphatic rings. The molecule has 1 saturated carbocycles. The van der Waals surface area contributed by atoms with Crippen molar-refractivity contribution in [1.29, 1.82) is 0 Å². The summed E-state index contributed by atoms with van der Waals surface area (Å²) < 4.78 is 0. The molecule has 110 valence electrons. The van der Waals surface area contributed by atoms with Gasteiger partial charge in [-0.2, -0.15) is 0 Å². The second-order valence-electron chi connectivity index (χ2n) is 5.75. The van der Waals surface area contributed by atoms with Crippen LogP contribution in [0.1, 0.15) is 37.7 Å². The smallest absolute Gasteiger partial charge is 0.0789 e. The number of nitrogens with zero attached hydrogens (tertiary/aromatic N) is 1. The van der Waals surface area contributed by atoms with Gasteiger partial charge in [0.25, 0.3) is 0 Å². The number of hydrogen-bond donors (Lipinski definition) is 1. The van der Waals surface area contributed by atoms with Gasteiger partial charge in [0, 0.05) is 17.1 Å². The molecule has 0 aliphatic heterocycles. The Morgan fingerprint density at radius 3 is 2.81 bits per heavy atom. The van der Waals surface area contributed by atoms with Gasteiger partial charge in [-0.3, -0.25) is 4.98 Å². The minimum absolute atomic E-state index is 0.127. The lowest BCUT2D eigenvalue weighted by Gasteiger charge is -2.23. The molecule has 2 nitrogen and oxygen atoms in total. The quantitative estimate of drug-likeness (QED) is 0.879. The Hall–Kier alpha value is -1.38. The van der Waals surface area contributed by atoms with Gasteiger partial charge in [-0.1, -0.05) is 43.0 Å². The van der Waals surface area contributed by atoms with Crippen LogP contribution in [0, 0.1) is 5.92 Å². The third kappa shape index (κ3) is 3.12. The highest BCUT2D eigenvalue weighted by Crippen LogP contribution is 2.32. The molecule has 0 spiro atoms. The van der Waals surface area contributed by atoms with Gasteiger partial charge in [0.2, 0.25) is 0 Å². The summed E-state index contributed by atoms with van der Waals surface area (Å²) in [6, 6.07) is 7.79. The van der Waals surface area contributed by atoms with E-state index in [9.17, 15) is 5.11 Å². The van der Waals surface area contributed by atoms with Crippen molar-refractivity contribution < 1.29 is 5.11 Å². The van der Waals surface area contributed by atoms with E-state index in [-0.39, 0.29) is 6.61 Å². The van der Waals surface area contributed by atoms with Crippen LogP contribution in [0.3, 0.4) is 0 Å². The van der Waals surface area contributed by atoms with Gasteiger partial charge in [0.05, 0.1) is 17.1 Å². The zero-order valence-electron chi connectivity index (χ0n) is 12.1. The highest BCUT2D eigenvalue weighted by atomic mass is 35.5. The summed E-state index contributed by atoms with van der Waals surface area (Å²) in [5, 5.41) is 11.4. The van der Waals surface area contributed by atoms with E-state index < -0.39 is 0 Å². The first-order valence-electron chi connectivity index (χ1n) is 7.64. The lowest BCUT2D eigenvalue weighted by atomic mass is 9.83. The Morgan fingerprint density at radius 1 is 1.24 bits per heavy atom. The van der Waals surface area contributed by atoms with E-state index in [0.717, 1.165) is 27.1 Å². The molecule has 1 aromatic heterocycles. The molecule has 0 bridgehead atoms. The Balaban J connectivity index is 2.02. The van der Waals surface area contributed by atoms with Crippen LogP contribution in [-0.4, -0.2) is 16.7 Å². The average Bonchev–Trinajstić information content (AvgIpc) is 2.55. The molecule has 1 heterocycles. The highest BCUT2D eigenvalue weighted by molar-refractivity contribution is 6.35. The number of aromatic nitrogens is 1. The van der Waals surface area contributed by atoms with Gasteiger partial charge in [0.1, 0.15) is 0 Å². The Morgan fingerprint density at radius 2 is 2.05 bits per heavy atom. The first-order valence-corrected chi connectivity index (χ1v) is 8.02. The van der Waals surface area contributed by atoms with Crippen molar-refractivity contribution in [3.05, 3.63) is 46.6 Å². The third-order valence-electron chi connectivity index (χ3n) is 4.40. The van der Waals surface area contributed by atoms with Gasteiger partial charge in [-0.05, 0) is 42.5 Å². The van der Waals surface area contributed by atoms with Crippen LogP contribution in [0.5, 0.6) is 0 Å². The minimum Gasteiger partial charge on any atom is -0.392 e. The number of pyridine rings is 1. The number of fused-ring (bicyclic) bond motifs is 1. The second-order valence-corrected chi connectivity index (χ2v) is 6.16. The predicted molar refractivity (Wildman–Crippen MR) is 88.4 cm³/mol. The predicted octanol–water partition coefficient (Wildman–Crippen LogP) is 4.84. The molecule has 1 N–H and O–H groups in total. The van der Waals surface area contributed by atoms with Crippen LogP contribution in [0.15, 0.2) is 36.0 Å². The summed E-state index contributed by atoms with van der Waals surface area (Å²) in [7, 11) is 0. The molecule has 21 heavy (non-hydrogen) atoms. The molecule has 1 aromatic carbocycles. The van der Waals surface area contributed by atoms with E-state index >= 15 is 0 Å². The standard InChI is InChI=1S/C18H20ClNO/c19-17-9-8-14(18-16(17)7-4-10-20-18)11-15(12-21)13-5-2-1-3-6-13/h4,7-11,13,21H,1-3,5-6,12H2/b15-11-. The molecule has 0 saturated heterocycles. The highest BCUT2D eigenvalue weighted by Gasteiger charge is 2.17. The largest absolute Gasteiger partial charge is 0.392 e. The van der Waals surface area contributed by atoms with Crippen molar-refractivity contribution in [1.82, 2.24) is 4.98 Å². The number of hydrogen-bond acceptors (Lipinski definition) is 2. The van der Waals surface area contributed by atoms with Crippen LogP contribution in [0.2, 0.25) is 5.02 Å². The zero-order valence-corrected chi connectivity index (χ0v) is 12.8. The second kappa shape index (κ2) is 6.59. The molecule has 3 rings (SSSR count). The monoisotopic (exact) mass is 301 g/mol. The van der Waals surface area contributed by atoms with Gasteiger partial charge in [0.15, 0.2) is 0 Å². The number of benzene rings is 1. The molecular weight excluding hydrogens is 282 g/mol. The van der Waals surface area contributed by atoms with Crippen molar-refractivity contribution >= 4 is 28.6 Å². The van der Waals surface area contributed by atoms with Crippen LogP contribution in [0.4, 0.5) is 0 Å². The maximum Gasteiger partial charge on any atom is 0.0789 e. The van der Waals surface area contributed by atoms with Crippen molar-refractivity contribution in [2.75, 3.05) is 6.61 Å². The number of aliphatic hydroxyl groups is 1. The first-order chi connectivity index (χ1) is 10.3. The van der Waals surface area contributed by atoms with E-state index in [0.29, 0.717) is 5.92 Å². The average molecular weight is 302 g/mol. The van der Waals surface area contributed by atoms with Gasteiger partial charge < -0.3 is 5.11 Å². The number of rotatable bonds is 3. The van der Waals surface area contributed by atoms with Gasteiger partial charge in [-0.15, -0.1) is 0 Å². The van der Waals surface area contributed by atoms with Crippen molar-refractivity contribution in [2.45, 2.75) is 32.1 Å². The fraction of sp³-hybridized carbons (Fsp3) is 0.389. The molecule has 3 heteroatoms. The summed E-state index contributed by atoms with van der Waals surface area (Å²) in [6.45, 7) is 0.127. The lowest BCUT2D eigenvalue weighted by Crippen LogP contribution is -2.11. The summed E-state index contributed by atoms with van der Waals surface area (Å²) in [5.41, 5.74) is 3.08. The Labute approximate surface area is 130 Å². The maximum absolute atomic E-state index is 9.75. The fourth-order valence-electron chi connectivity index (χ4n) is 3.24. The van der Waals surface area contributed by atoms with Crippen molar-refractivity contribution in [2.24, 2.45) is 5.92 Å². The molecule has 0 atom stereocenters. The van der Waals surface area contributed by atoms with E-state index in [1.54, 1.807) is 6.20 Å². The number of halogens is 1. The normalized spacial score (nSPS) is 17.3. The maximum atomic E-state index is 9.75. The third-order valence-corrected chi connectivity index (χ3v) is 4.73. The zero-order chi connectivity index (χ0) is 14.7. The van der Waals surface area contributed by atoms with E-state index in [4.69, 9.17) is 11.6 Å². The van der Waals surface area contributed by atoms with Crippen molar-refractivity contribution in [3.8, 4) is 0 Å². The molecular formula is C18H20ClNO. The van der Waals surface area contributed by atoms with Crippen LogP contribution in [0.25, 0.3) is 17.0 Å². The summed E-state index contributed by atoms with van der Waals surface area (Å²) in [4.78, 5) is 4.46. The molecule has 0 amide bonds. The topological polar surface area (TPSA) is 33.1 Å². The minimum atomic E-state index is 0.127. The van der Waals surface area contributed by atoms with E-state index in [2.05, 4.69) is 11.1 Å². The molecule has 0 radical (unpaired) electrons. The Bertz CT molecular complexity index is 659. The Kier molecular flexibility index (Phi) is 4.57. The van der Waals surface area contributed by atoms with E-state index in [1.165, 1.54) is 32.1 Å². The number of aliphatic hydroxyl groups excluding tert-OH is 1. The summed E-state index contributed by atoms with van der Waals surface area (Å²) in [5.74, 6) is 0.512. The van der Waals surface area contributed by atoms with Gasteiger partial charge >= 0.3 is 0 Å². The molecule has 2 aromatic rings. The van der Waals surface area contributed by atoms with Crippen LogP contribution >= 0.6 is 11.6 Å². The lowest BCUT2D eigenvalue weighted by molar-refractivity contribution is 0.295. The van der Waals surface area contributed by atoms with E-state index in [1.807, 2.05) is 24.3 Å². The van der Waals surface area contributed by atoms with Crippen LogP contribution < -0.4 is 0 Å². The van der Waals surface area contributed by atoms with Crippen LogP contribution in [-0.2, 0) is 0 Å². The molecule has 1 aliphatic carbocycles. The molecule has 1 fully saturated rings. The summed E-state index contributed by atoms with van der Waals surface area (Å²) >= 11 is 6.24. The van der Waals surface area contributed by atoms with Crippen molar-refractivity contribution in [3.63, 3.8) is 0 Å². The SMILES string of the molecule is OC/C(=C/c1ccc(Cl)c2cccnc12)C1CCCCC1. The van der Waals surface area contributed by atoms with Gasteiger partial charge in [-0.25, -0.2) is 0 Å². The summed E-state index contributed by atoms with van der Waals surface area (Å²) in [6.07, 6.45) is 10.1. The fourth-order valence-corrected chi connectivity index (χ4v) is 3.46.